The van der Waals surface area contributed by atoms with E-state index in [0.717, 1.165) is 17.7 Å². The first-order valence-electron chi connectivity index (χ1n) is 10.0. The number of amides is 2. The Labute approximate surface area is 191 Å². The van der Waals surface area contributed by atoms with Crippen LogP contribution in [-0.4, -0.2) is 28.6 Å². The van der Waals surface area contributed by atoms with Gasteiger partial charge in [0.2, 0.25) is 0 Å². The van der Waals surface area contributed by atoms with Gasteiger partial charge in [-0.25, -0.2) is 0 Å². The smallest absolute Gasteiger partial charge is 0.256 e. The average Bonchev–Trinajstić information content (AvgIpc) is 3.07. The number of hydrogen-bond donors (Lipinski definition) is 2. The summed E-state index contributed by atoms with van der Waals surface area (Å²) in [7, 11) is 1.91. The number of nitrogens with zero attached hydrogens (tertiary/aromatic N) is 1. The summed E-state index contributed by atoms with van der Waals surface area (Å²) >= 11 is 11.4. The Hall–Kier alpha value is -2.80. The maximum absolute atomic E-state index is 13.0. The standard InChI is InChI=1S/C24H22ClN3O2S/c1-26-12-15-4-2-5-16(10-15)13-28-14-20-18(24(28)30)6-3-7-21(20)27-23(29)19-11-17(25)8-9-22(19)31/h2-8,10-11,26H,9,12-14H2,1H3,(H,27,29). The maximum atomic E-state index is 13.0. The molecule has 158 valence electrons. The van der Waals surface area contributed by atoms with Crippen LogP contribution in [0.25, 0.3) is 0 Å². The first kappa shape index (κ1) is 21.4. The summed E-state index contributed by atoms with van der Waals surface area (Å²) in [4.78, 5) is 28.2. The van der Waals surface area contributed by atoms with E-state index in [1.807, 2.05) is 25.2 Å². The van der Waals surface area contributed by atoms with Crippen LogP contribution in [0.1, 0.15) is 33.5 Å². The summed E-state index contributed by atoms with van der Waals surface area (Å²) in [6.45, 7) is 1.72. The number of carbonyl (C=O) groups excluding carboxylic acids is 2. The third kappa shape index (κ3) is 4.61. The van der Waals surface area contributed by atoms with Gasteiger partial charge >= 0.3 is 0 Å². The molecule has 0 bridgehead atoms. The number of anilines is 1. The molecule has 4 rings (SSSR count). The lowest BCUT2D eigenvalue weighted by atomic mass is 10.0. The number of carbonyl (C=O) groups is 2. The number of hydrogen-bond acceptors (Lipinski definition) is 4. The fourth-order valence-corrected chi connectivity index (χ4v) is 4.28. The fourth-order valence-electron chi connectivity index (χ4n) is 3.86. The van der Waals surface area contributed by atoms with Crippen molar-refractivity contribution >= 4 is 46.2 Å². The van der Waals surface area contributed by atoms with Crippen molar-refractivity contribution in [3.8, 4) is 0 Å². The third-order valence-electron chi connectivity index (χ3n) is 5.35. The second kappa shape index (κ2) is 9.14. The number of fused-ring (bicyclic) bond motifs is 1. The van der Waals surface area contributed by atoms with Crippen molar-refractivity contribution < 1.29 is 9.59 Å². The van der Waals surface area contributed by atoms with E-state index in [1.165, 1.54) is 5.56 Å². The van der Waals surface area contributed by atoms with Gasteiger partial charge in [-0.15, -0.1) is 0 Å². The van der Waals surface area contributed by atoms with Crippen LogP contribution in [0.5, 0.6) is 0 Å². The average molecular weight is 452 g/mol. The highest BCUT2D eigenvalue weighted by Crippen LogP contribution is 2.31. The van der Waals surface area contributed by atoms with E-state index in [2.05, 4.69) is 22.8 Å². The van der Waals surface area contributed by atoms with E-state index in [4.69, 9.17) is 23.8 Å². The highest BCUT2D eigenvalue weighted by Gasteiger charge is 2.30. The van der Waals surface area contributed by atoms with Crippen LogP contribution in [0.15, 0.2) is 65.2 Å². The van der Waals surface area contributed by atoms with Crippen molar-refractivity contribution in [1.82, 2.24) is 10.2 Å². The van der Waals surface area contributed by atoms with Gasteiger partial charge in [0.25, 0.3) is 11.8 Å². The predicted molar refractivity (Wildman–Crippen MR) is 127 cm³/mol. The molecule has 7 heteroatoms. The van der Waals surface area contributed by atoms with Crippen molar-refractivity contribution in [2.45, 2.75) is 26.1 Å². The molecule has 1 heterocycles. The number of benzene rings is 2. The zero-order chi connectivity index (χ0) is 22.0. The molecule has 0 radical (unpaired) electrons. The normalized spacial score (nSPS) is 15.5. The van der Waals surface area contributed by atoms with Crippen LogP contribution in [0.4, 0.5) is 5.69 Å². The number of halogens is 1. The summed E-state index contributed by atoms with van der Waals surface area (Å²) in [5.41, 5.74) is 4.68. The molecule has 0 atom stereocenters. The second-order valence-corrected chi connectivity index (χ2v) is 8.50. The molecule has 5 nitrogen and oxygen atoms in total. The number of thiocarbonyl (C=S) groups is 1. The van der Waals surface area contributed by atoms with Crippen molar-refractivity contribution in [2.75, 3.05) is 12.4 Å². The van der Waals surface area contributed by atoms with Gasteiger partial charge in [-0.1, -0.05) is 60.2 Å². The van der Waals surface area contributed by atoms with E-state index in [0.29, 0.717) is 46.2 Å². The highest BCUT2D eigenvalue weighted by atomic mass is 35.5. The van der Waals surface area contributed by atoms with E-state index in [1.54, 1.807) is 29.2 Å². The minimum Gasteiger partial charge on any atom is -0.330 e. The molecule has 0 saturated carbocycles. The molecule has 1 aliphatic carbocycles. The van der Waals surface area contributed by atoms with Crippen LogP contribution < -0.4 is 10.6 Å². The zero-order valence-electron chi connectivity index (χ0n) is 17.1. The molecule has 1 aliphatic heterocycles. The Morgan fingerprint density at radius 1 is 1.19 bits per heavy atom. The van der Waals surface area contributed by atoms with Crippen LogP contribution in [0.2, 0.25) is 0 Å². The molecular weight excluding hydrogens is 430 g/mol. The summed E-state index contributed by atoms with van der Waals surface area (Å²) in [6.07, 6.45) is 3.84. The van der Waals surface area contributed by atoms with Crippen molar-refractivity contribution in [3.05, 3.63) is 87.5 Å². The lowest BCUT2D eigenvalue weighted by Gasteiger charge is -2.17. The molecule has 0 aromatic heterocycles. The number of nitrogens with one attached hydrogen (secondary N) is 2. The third-order valence-corrected chi connectivity index (χ3v) is 6.00. The van der Waals surface area contributed by atoms with Gasteiger partial charge in [0.1, 0.15) is 0 Å². The van der Waals surface area contributed by atoms with Gasteiger partial charge < -0.3 is 15.5 Å². The SMILES string of the molecule is CNCc1cccc(CN2Cc3c(NC(=O)C4=CC(Cl)=CCC4=S)cccc3C2=O)c1. The monoisotopic (exact) mass is 451 g/mol. The lowest BCUT2D eigenvalue weighted by molar-refractivity contribution is -0.112. The van der Waals surface area contributed by atoms with Gasteiger partial charge in [0.15, 0.2) is 0 Å². The topological polar surface area (TPSA) is 61.4 Å². The summed E-state index contributed by atoms with van der Waals surface area (Å²) in [5, 5.41) is 6.57. The Balaban J connectivity index is 1.53. The predicted octanol–water partition coefficient (Wildman–Crippen LogP) is 4.32. The van der Waals surface area contributed by atoms with E-state index in [-0.39, 0.29) is 11.8 Å². The van der Waals surface area contributed by atoms with Crippen LogP contribution >= 0.6 is 23.8 Å². The number of allylic oxidation sites excluding steroid dienone is 3. The molecule has 31 heavy (non-hydrogen) atoms. The second-order valence-electron chi connectivity index (χ2n) is 7.57. The Morgan fingerprint density at radius 3 is 2.77 bits per heavy atom. The highest BCUT2D eigenvalue weighted by molar-refractivity contribution is 7.81. The molecule has 2 aromatic carbocycles. The molecule has 2 N–H and O–H groups in total. The first-order valence-corrected chi connectivity index (χ1v) is 10.8. The van der Waals surface area contributed by atoms with Crippen molar-refractivity contribution in [3.63, 3.8) is 0 Å². The van der Waals surface area contributed by atoms with E-state index < -0.39 is 0 Å². The molecular formula is C24H22ClN3O2S. The van der Waals surface area contributed by atoms with E-state index in [9.17, 15) is 9.59 Å². The van der Waals surface area contributed by atoms with Crippen LogP contribution in [0.3, 0.4) is 0 Å². The quantitative estimate of drug-likeness (QED) is 0.642. The first-order chi connectivity index (χ1) is 15.0. The molecule has 0 spiro atoms. The largest absolute Gasteiger partial charge is 0.330 e. The van der Waals surface area contributed by atoms with Gasteiger partial charge in [0.05, 0.1) is 5.57 Å². The van der Waals surface area contributed by atoms with Gasteiger partial charge in [-0.05, 0) is 36.4 Å². The lowest BCUT2D eigenvalue weighted by Crippen LogP contribution is -2.23. The van der Waals surface area contributed by atoms with Crippen LogP contribution in [0, 0.1) is 0 Å². The van der Waals surface area contributed by atoms with E-state index >= 15 is 0 Å². The maximum Gasteiger partial charge on any atom is 0.256 e. The molecule has 0 saturated heterocycles. The fraction of sp³-hybridized carbons (Fsp3) is 0.208. The van der Waals surface area contributed by atoms with Gasteiger partial charge in [-0.2, -0.15) is 0 Å². The minimum absolute atomic E-state index is 0.0384. The summed E-state index contributed by atoms with van der Waals surface area (Å²) in [6, 6.07) is 13.6. The molecule has 0 unspecified atom stereocenters. The molecule has 2 aromatic rings. The van der Waals surface area contributed by atoms with Crippen molar-refractivity contribution in [2.24, 2.45) is 0 Å². The van der Waals surface area contributed by atoms with Gasteiger partial charge in [0, 0.05) is 52.8 Å². The van der Waals surface area contributed by atoms with Crippen molar-refractivity contribution in [1.29, 1.82) is 0 Å². The summed E-state index contributed by atoms with van der Waals surface area (Å²) < 4.78 is 0. The Morgan fingerprint density at radius 2 is 1.97 bits per heavy atom. The van der Waals surface area contributed by atoms with Crippen LogP contribution in [-0.2, 0) is 24.4 Å². The molecule has 2 aliphatic rings. The summed E-state index contributed by atoms with van der Waals surface area (Å²) in [5.74, 6) is -0.348. The minimum atomic E-state index is -0.310. The molecule has 0 fully saturated rings. The van der Waals surface area contributed by atoms with Gasteiger partial charge in [-0.3, -0.25) is 9.59 Å². The number of rotatable bonds is 6. The molecule has 2 amide bonds. The Kier molecular flexibility index (Phi) is 6.32. The zero-order valence-corrected chi connectivity index (χ0v) is 18.6. The Bertz CT molecular complexity index is 1140.